The van der Waals surface area contributed by atoms with E-state index < -0.39 is 35.6 Å². The van der Waals surface area contributed by atoms with Crippen LogP contribution in [0.1, 0.15) is 134 Å². The number of benzene rings is 1. The van der Waals surface area contributed by atoms with Crippen LogP contribution >= 0.6 is 0 Å². The van der Waals surface area contributed by atoms with Crippen molar-refractivity contribution in [1.29, 1.82) is 0 Å². The quantitative estimate of drug-likeness (QED) is 0.196. The van der Waals surface area contributed by atoms with E-state index in [2.05, 4.69) is 17.6 Å². The maximum Gasteiger partial charge on any atom is 0.408 e. The summed E-state index contributed by atoms with van der Waals surface area (Å²) in [7, 11) is 0. The Labute approximate surface area is 259 Å². The molecule has 9 nitrogen and oxygen atoms in total. The lowest BCUT2D eigenvalue weighted by molar-refractivity contribution is -0.143. The lowest BCUT2D eigenvalue weighted by Crippen LogP contribution is -2.54. The van der Waals surface area contributed by atoms with Gasteiger partial charge in [0.1, 0.15) is 17.7 Å². The Balaban J connectivity index is 2.50. The first-order valence-corrected chi connectivity index (χ1v) is 16.3. The summed E-state index contributed by atoms with van der Waals surface area (Å²) in [5, 5.41) is 5.94. The molecule has 4 N–H and O–H groups in total. The molecule has 1 aromatic carbocycles. The highest BCUT2D eigenvalue weighted by Crippen LogP contribution is 2.29. The van der Waals surface area contributed by atoms with E-state index in [1.807, 2.05) is 32.0 Å². The number of nitrogens with zero attached hydrogens (tertiary/aromatic N) is 1. The highest BCUT2D eigenvalue weighted by molar-refractivity contribution is 5.92. The van der Waals surface area contributed by atoms with Gasteiger partial charge < -0.3 is 26.0 Å². The summed E-state index contributed by atoms with van der Waals surface area (Å²) in [6.45, 7) is 11.7. The van der Waals surface area contributed by atoms with E-state index in [1.54, 1.807) is 25.7 Å². The van der Waals surface area contributed by atoms with Crippen molar-refractivity contribution in [2.75, 3.05) is 6.54 Å². The van der Waals surface area contributed by atoms with Gasteiger partial charge in [0.2, 0.25) is 17.7 Å². The van der Waals surface area contributed by atoms with Crippen LogP contribution in [0, 0.1) is 13.8 Å². The summed E-state index contributed by atoms with van der Waals surface area (Å²) in [5.74, 6) is -1.22. The van der Waals surface area contributed by atoms with Crippen LogP contribution < -0.4 is 16.4 Å². The predicted molar refractivity (Wildman–Crippen MR) is 170 cm³/mol. The van der Waals surface area contributed by atoms with Crippen molar-refractivity contribution in [2.45, 2.75) is 149 Å². The third-order valence-electron chi connectivity index (χ3n) is 7.94. The van der Waals surface area contributed by atoms with E-state index in [1.165, 1.54) is 0 Å². The summed E-state index contributed by atoms with van der Waals surface area (Å²) >= 11 is 0. The van der Waals surface area contributed by atoms with Crippen molar-refractivity contribution in [3.8, 4) is 0 Å². The Morgan fingerprint density at radius 2 is 1.65 bits per heavy atom. The largest absolute Gasteiger partial charge is 0.444 e. The maximum atomic E-state index is 14.4. The number of hydrogen-bond acceptors (Lipinski definition) is 5. The minimum atomic E-state index is -1.09. The Morgan fingerprint density at radius 1 is 1.00 bits per heavy atom. The van der Waals surface area contributed by atoms with Crippen molar-refractivity contribution < 1.29 is 23.9 Å². The number of carbonyl (C=O) groups is 4. The van der Waals surface area contributed by atoms with Gasteiger partial charge in [-0.1, -0.05) is 82.1 Å². The number of rotatable bonds is 16. The molecule has 2 rings (SSSR count). The molecular weight excluding hydrogens is 544 g/mol. The Morgan fingerprint density at radius 3 is 2.26 bits per heavy atom. The van der Waals surface area contributed by atoms with E-state index >= 15 is 0 Å². The van der Waals surface area contributed by atoms with Gasteiger partial charge in [-0.15, -0.1) is 0 Å². The van der Waals surface area contributed by atoms with Gasteiger partial charge in [0.25, 0.3) is 0 Å². The van der Waals surface area contributed by atoms with Crippen molar-refractivity contribution >= 4 is 23.8 Å². The summed E-state index contributed by atoms with van der Waals surface area (Å²) in [4.78, 5) is 54.8. The zero-order chi connectivity index (χ0) is 32.0. The molecule has 1 aliphatic carbocycles. The normalized spacial score (nSPS) is 15.3. The highest BCUT2D eigenvalue weighted by atomic mass is 16.6. The average Bonchev–Trinajstić information content (AvgIpc) is 2.92. The molecule has 1 aliphatic rings. The zero-order valence-electron chi connectivity index (χ0n) is 27.4. The molecule has 0 aromatic heterocycles. The lowest BCUT2D eigenvalue weighted by atomic mass is 9.93. The second kappa shape index (κ2) is 17.9. The van der Waals surface area contributed by atoms with Crippen LogP contribution in [0.25, 0.3) is 0 Å². The van der Waals surface area contributed by atoms with E-state index in [-0.39, 0.29) is 24.8 Å². The molecule has 4 amide bonds. The van der Waals surface area contributed by atoms with Gasteiger partial charge in [0.15, 0.2) is 0 Å². The minimum Gasteiger partial charge on any atom is -0.444 e. The van der Waals surface area contributed by atoms with Gasteiger partial charge in [-0.05, 0) is 71.4 Å². The van der Waals surface area contributed by atoms with Crippen molar-refractivity contribution in [2.24, 2.45) is 5.73 Å². The van der Waals surface area contributed by atoms with E-state index in [4.69, 9.17) is 10.5 Å². The number of primary amides is 1. The number of hydrogen-bond donors (Lipinski definition) is 3. The van der Waals surface area contributed by atoms with Crippen LogP contribution in [0.5, 0.6) is 0 Å². The third-order valence-corrected chi connectivity index (χ3v) is 7.94. The van der Waals surface area contributed by atoms with E-state index in [0.29, 0.717) is 13.0 Å². The molecule has 1 saturated carbocycles. The molecule has 0 bridgehead atoms. The molecule has 1 fully saturated rings. The summed E-state index contributed by atoms with van der Waals surface area (Å²) < 4.78 is 5.45. The number of amides is 4. The second-order valence-corrected chi connectivity index (χ2v) is 13.1. The smallest absolute Gasteiger partial charge is 0.408 e. The monoisotopic (exact) mass is 600 g/mol. The van der Waals surface area contributed by atoms with Gasteiger partial charge >= 0.3 is 6.09 Å². The molecule has 0 aliphatic heterocycles. The molecule has 242 valence electrons. The standard InChI is InChI=1S/C34H56N4O5/c1-7-8-9-10-11-15-22-38(32(41)28(20-21-29(35)39)37-33(42)43-34(4,5)6)30(27-19-18-24(2)23-25(27)3)31(40)36-26-16-13-12-14-17-26/h18-19,23,26,28,30H,7-17,20-22H2,1-6H3,(H2,35,39)(H,36,40)(H,37,42). The first kappa shape index (κ1) is 36.1. The molecular formula is C34H56N4O5. The van der Waals surface area contributed by atoms with Crippen molar-refractivity contribution in [3.05, 3.63) is 34.9 Å². The van der Waals surface area contributed by atoms with Crippen LogP contribution in [-0.4, -0.2) is 52.9 Å². The van der Waals surface area contributed by atoms with E-state index in [0.717, 1.165) is 80.9 Å². The first-order valence-electron chi connectivity index (χ1n) is 16.3. The Bertz CT molecular complexity index is 1060. The van der Waals surface area contributed by atoms with Gasteiger partial charge in [-0.3, -0.25) is 14.4 Å². The van der Waals surface area contributed by atoms with Crippen LogP contribution in [0.4, 0.5) is 4.79 Å². The highest BCUT2D eigenvalue weighted by Gasteiger charge is 2.37. The topological polar surface area (TPSA) is 131 Å². The van der Waals surface area contributed by atoms with Gasteiger partial charge in [-0.2, -0.15) is 0 Å². The predicted octanol–water partition coefficient (Wildman–Crippen LogP) is 6.14. The second-order valence-electron chi connectivity index (χ2n) is 13.1. The Kier molecular flexibility index (Phi) is 15.0. The fourth-order valence-corrected chi connectivity index (χ4v) is 5.73. The first-order chi connectivity index (χ1) is 20.3. The number of unbranched alkanes of at least 4 members (excludes halogenated alkanes) is 5. The number of nitrogens with one attached hydrogen (secondary N) is 2. The van der Waals surface area contributed by atoms with Gasteiger partial charge in [-0.25, -0.2) is 4.79 Å². The molecule has 1 aromatic rings. The number of aryl methyl sites for hydroxylation is 2. The molecule has 43 heavy (non-hydrogen) atoms. The molecule has 0 radical (unpaired) electrons. The molecule has 2 unspecified atom stereocenters. The van der Waals surface area contributed by atoms with Crippen LogP contribution in [-0.2, 0) is 19.1 Å². The van der Waals surface area contributed by atoms with Crippen molar-refractivity contribution in [1.82, 2.24) is 15.5 Å². The molecule has 0 spiro atoms. The zero-order valence-corrected chi connectivity index (χ0v) is 27.4. The average molecular weight is 601 g/mol. The third kappa shape index (κ3) is 13.0. The summed E-state index contributed by atoms with van der Waals surface area (Å²) in [6, 6.07) is 4.00. The van der Waals surface area contributed by atoms with Crippen LogP contribution in [0.2, 0.25) is 0 Å². The van der Waals surface area contributed by atoms with Crippen LogP contribution in [0.3, 0.4) is 0 Å². The van der Waals surface area contributed by atoms with Gasteiger partial charge in [0.05, 0.1) is 0 Å². The number of nitrogens with two attached hydrogens (primary N) is 1. The fraction of sp³-hybridized carbons (Fsp3) is 0.706. The summed E-state index contributed by atoms with van der Waals surface area (Å²) in [6.07, 6.45) is 10.3. The number of carbonyl (C=O) groups excluding carboxylic acids is 4. The van der Waals surface area contributed by atoms with Crippen LogP contribution in [0.15, 0.2) is 18.2 Å². The molecule has 0 heterocycles. The lowest BCUT2D eigenvalue weighted by Gasteiger charge is -2.36. The maximum absolute atomic E-state index is 14.4. The Hall–Kier alpha value is -3.10. The molecule has 9 heteroatoms. The minimum absolute atomic E-state index is 0.00422. The fourth-order valence-electron chi connectivity index (χ4n) is 5.73. The van der Waals surface area contributed by atoms with Crippen molar-refractivity contribution in [3.63, 3.8) is 0 Å². The summed E-state index contributed by atoms with van der Waals surface area (Å²) in [5.41, 5.74) is 7.41. The van der Waals surface area contributed by atoms with Gasteiger partial charge in [0, 0.05) is 19.0 Å². The molecule has 0 saturated heterocycles. The SMILES string of the molecule is CCCCCCCCN(C(=O)C(CCC(N)=O)NC(=O)OC(C)(C)C)C(C(=O)NC1CCCCC1)c1ccc(C)cc1C. The number of alkyl carbamates (subject to hydrolysis) is 1. The molecule has 2 atom stereocenters. The van der Waals surface area contributed by atoms with E-state index in [9.17, 15) is 19.2 Å². The number of ether oxygens (including phenoxy) is 1.